The van der Waals surface area contributed by atoms with Gasteiger partial charge in [0.1, 0.15) is 0 Å². The van der Waals surface area contributed by atoms with Crippen LogP contribution in [0.2, 0.25) is 0 Å². The van der Waals surface area contributed by atoms with Crippen LogP contribution in [0, 0.1) is 0 Å². The Bertz CT molecular complexity index is 802. The summed E-state index contributed by atoms with van der Waals surface area (Å²) in [5, 5.41) is 0. The van der Waals surface area contributed by atoms with Gasteiger partial charge in [0.15, 0.2) is 4.67 Å². The first-order valence-electron chi connectivity index (χ1n) is 6.07. The number of furan rings is 1. The fourth-order valence-electron chi connectivity index (χ4n) is 1.97. The van der Waals surface area contributed by atoms with Gasteiger partial charge in [0.25, 0.3) is 11.5 Å². The second-order valence-electron chi connectivity index (χ2n) is 4.68. The minimum atomic E-state index is -0.413. The Morgan fingerprint density at radius 2 is 2.05 bits per heavy atom. The summed E-state index contributed by atoms with van der Waals surface area (Å²) >= 11 is 3.14. The highest BCUT2D eigenvalue weighted by atomic mass is 79.9. The van der Waals surface area contributed by atoms with Crippen molar-refractivity contribution in [1.82, 2.24) is 14.0 Å². The number of amides is 1. The first-order valence-corrected chi connectivity index (χ1v) is 6.86. The van der Waals surface area contributed by atoms with E-state index in [4.69, 9.17) is 4.42 Å². The molecule has 0 saturated carbocycles. The number of rotatable bonds is 3. The van der Waals surface area contributed by atoms with E-state index < -0.39 is 11.2 Å². The zero-order valence-electron chi connectivity index (χ0n) is 11.8. The van der Waals surface area contributed by atoms with Crippen LogP contribution in [0.3, 0.4) is 0 Å². The van der Waals surface area contributed by atoms with Crippen molar-refractivity contribution in [3.8, 4) is 0 Å². The van der Waals surface area contributed by atoms with Crippen molar-refractivity contribution in [2.24, 2.45) is 14.1 Å². The van der Waals surface area contributed by atoms with E-state index in [0.717, 1.165) is 4.57 Å². The molecule has 8 heteroatoms. The molecular weight excluding hydrogens is 342 g/mol. The lowest BCUT2D eigenvalue weighted by Crippen LogP contribution is -2.40. The number of carbonyl (C=O) groups is 1. The summed E-state index contributed by atoms with van der Waals surface area (Å²) in [6, 6.07) is 1.54. The average molecular weight is 356 g/mol. The summed E-state index contributed by atoms with van der Waals surface area (Å²) in [4.78, 5) is 37.3. The van der Waals surface area contributed by atoms with E-state index >= 15 is 0 Å². The molecule has 0 unspecified atom stereocenters. The van der Waals surface area contributed by atoms with E-state index in [-0.39, 0.29) is 12.5 Å². The largest absolute Gasteiger partial charge is 0.457 e. The minimum Gasteiger partial charge on any atom is -0.457 e. The zero-order chi connectivity index (χ0) is 15.7. The van der Waals surface area contributed by atoms with Gasteiger partial charge in [0.2, 0.25) is 0 Å². The molecule has 1 amide bonds. The number of hydrogen-bond donors (Lipinski definition) is 0. The maximum absolute atomic E-state index is 12.2. The average Bonchev–Trinajstić information content (AvgIpc) is 2.87. The molecule has 0 aliphatic rings. The van der Waals surface area contributed by atoms with Crippen molar-refractivity contribution in [2.75, 3.05) is 7.05 Å². The minimum absolute atomic E-state index is 0.0945. The summed E-state index contributed by atoms with van der Waals surface area (Å²) in [7, 11) is 4.54. The molecule has 0 bridgehead atoms. The van der Waals surface area contributed by atoms with Crippen molar-refractivity contribution in [3.63, 3.8) is 0 Å². The van der Waals surface area contributed by atoms with Gasteiger partial charge in [-0.1, -0.05) is 0 Å². The molecule has 0 spiro atoms. The lowest BCUT2D eigenvalue weighted by Gasteiger charge is -2.17. The molecule has 0 fully saturated rings. The molecule has 0 aromatic carbocycles. The van der Waals surface area contributed by atoms with E-state index in [0.29, 0.717) is 15.8 Å². The summed E-state index contributed by atoms with van der Waals surface area (Å²) in [5.74, 6) is -0.286. The standard InChI is InChI=1S/C13H14BrN3O4/c1-15(12(19)9-4-5-21-10(9)14)6-8-7-16(2)13(20)17(3)11(8)18/h4-5,7H,6H2,1-3H3. The van der Waals surface area contributed by atoms with Crippen molar-refractivity contribution in [3.05, 3.63) is 55.2 Å². The maximum Gasteiger partial charge on any atom is 0.330 e. The molecule has 2 aromatic heterocycles. The van der Waals surface area contributed by atoms with Gasteiger partial charge in [-0.3, -0.25) is 14.2 Å². The molecule has 2 aromatic rings. The second kappa shape index (κ2) is 5.72. The molecule has 2 heterocycles. The van der Waals surface area contributed by atoms with Gasteiger partial charge in [-0.2, -0.15) is 0 Å². The SMILES string of the molecule is CN(Cc1cn(C)c(=O)n(C)c1=O)C(=O)c1ccoc1Br. The van der Waals surface area contributed by atoms with E-state index in [1.54, 1.807) is 20.2 Å². The number of hydrogen-bond acceptors (Lipinski definition) is 4. The number of aromatic nitrogens is 2. The van der Waals surface area contributed by atoms with E-state index in [1.165, 1.54) is 29.0 Å². The Labute approximate surface area is 128 Å². The Morgan fingerprint density at radius 3 is 2.62 bits per heavy atom. The fraction of sp³-hybridized carbons (Fsp3) is 0.308. The molecule has 0 saturated heterocycles. The monoisotopic (exact) mass is 355 g/mol. The van der Waals surface area contributed by atoms with Crippen LogP contribution in [0.15, 0.2) is 37.2 Å². The molecule has 0 aliphatic heterocycles. The summed E-state index contributed by atoms with van der Waals surface area (Å²) in [6.07, 6.45) is 2.84. The van der Waals surface area contributed by atoms with Gasteiger partial charge < -0.3 is 13.9 Å². The summed E-state index contributed by atoms with van der Waals surface area (Å²) in [6.45, 7) is 0.0945. The lowest BCUT2D eigenvalue weighted by atomic mass is 10.2. The molecule has 0 N–H and O–H groups in total. The summed E-state index contributed by atoms with van der Waals surface area (Å²) in [5.41, 5.74) is -0.0893. The predicted octanol–water partition coefficient (Wildman–Crippen LogP) is 0.712. The number of carbonyl (C=O) groups excluding carboxylic acids is 1. The lowest BCUT2D eigenvalue weighted by molar-refractivity contribution is 0.0782. The molecule has 7 nitrogen and oxygen atoms in total. The van der Waals surface area contributed by atoms with Gasteiger partial charge in [-0.25, -0.2) is 4.79 Å². The van der Waals surface area contributed by atoms with Gasteiger partial charge in [-0.05, 0) is 22.0 Å². The quantitative estimate of drug-likeness (QED) is 0.812. The predicted molar refractivity (Wildman–Crippen MR) is 79.1 cm³/mol. The van der Waals surface area contributed by atoms with Gasteiger partial charge in [-0.15, -0.1) is 0 Å². The van der Waals surface area contributed by atoms with Gasteiger partial charge in [0.05, 0.1) is 23.9 Å². The highest BCUT2D eigenvalue weighted by Gasteiger charge is 2.19. The van der Waals surface area contributed by atoms with E-state index in [9.17, 15) is 14.4 Å². The number of nitrogens with zero attached hydrogens (tertiary/aromatic N) is 3. The molecule has 21 heavy (non-hydrogen) atoms. The topological polar surface area (TPSA) is 77.5 Å². The fourth-order valence-corrected chi connectivity index (χ4v) is 2.38. The summed E-state index contributed by atoms with van der Waals surface area (Å²) < 4.78 is 7.69. The smallest absolute Gasteiger partial charge is 0.330 e. The van der Waals surface area contributed by atoms with Crippen LogP contribution in [0.5, 0.6) is 0 Å². The Morgan fingerprint density at radius 1 is 1.38 bits per heavy atom. The normalized spacial score (nSPS) is 10.7. The van der Waals surface area contributed by atoms with Gasteiger partial charge in [0, 0.05) is 27.3 Å². The van der Waals surface area contributed by atoms with Crippen LogP contribution in [-0.4, -0.2) is 27.0 Å². The van der Waals surface area contributed by atoms with Crippen LogP contribution < -0.4 is 11.2 Å². The molecule has 0 radical (unpaired) electrons. The van der Waals surface area contributed by atoms with Crippen molar-refractivity contribution in [2.45, 2.75) is 6.54 Å². The van der Waals surface area contributed by atoms with Crippen molar-refractivity contribution in [1.29, 1.82) is 0 Å². The third kappa shape index (κ3) is 2.85. The third-order valence-electron chi connectivity index (χ3n) is 3.12. The van der Waals surface area contributed by atoms with Crippen LogP contribution in [-0.2, 0) is 20.6 Å². The first kappa shape index (κ1) is 15.3. The molecule has 2 rings (SSSR count). The van der Waals surface area contributed by atoms with E-state index in [1.807, 2.05) is 0 Å². The van der Waals surface area contributed by atoms with E-state index in [2.05, 4.69) is 15.9 Å². The Balaban J connectivity index is 2.31. The number of halogens is 1. The Hall–Kier alpha value is -2.09. The molecular formula is C13H14BrN3O4. The van der Waals surface area contributed by atoms with Gasteiger partial charge >= 0.3 is 5.69 Å². The van der Waals surface area contributed by atoms with Crippen molar-refractivity contribution >= 4 is 21.8 Å². The van der Waals surface area contributed by atoms with Crippen LogP contribution in [0.4, 0.5) is 0 Å². The highest BCUT2D eigenvalue weighted by molar-refractivity contribution is 9.10. The first-order chi connectivity index (χ1) is 9.82. The zero-order valence-corrected chi connectivity index (χ0v) is 13.4. The van der Waals surface area contributed by atoms with Crippen molar-refractivity contribution < 1.29 is 9.21 Å². The molecule has 0 aliphatic carbocycles. The molecule has 0 atom stereocenters. The van der Waals surface area contributed by atoms with Crippen LogP contribution >= 0.6 is 15.9 Å². The Kier molecular flexibility index (Phi) is 4.17. The number of aryl methyl sites for hydroxylation is 1. The van der Waals surface area contributed by atoms with Crippen LogP contribution in [0.25, 0.3) is 0 Å². The maximum atomic E-state index is 12.2. The highest BCUT2D eigenvalue weighted by Crippen LogP contribution is 2.19. The second-order valence-corrected chi connectivity index (χ2v) is 5.40. The van der Waals surface area contributed by atoms with Crippen LogP contribution in [0.1, 0.15) is 15.9 Å². The third-order valence-corrected chi connectivity index (χ3v) is 3.73. The molecule has 112 valence electrons.